The molecule has 0 aliphatic carbocycles. The average Bonchev–Trinajstić information content (AvgIpc) is 2.90. The maximum Gasteiger partial charge on any atom is 0.261 e. The van der Waals surface area contributed by atoms with Crippen molar-refractivity contribution in [2.45, 2.75) is 65.6 Å². The standard InChI is InChI=1S/C15H25N3O2/c1-5-11(3)18(12(4)6-2)14(19)13-10-16-17-8-7-9-20-15(13)17/h10-12H,5-9H2,1-4H3. The maximum absolute atomic E-state index is 12.9. The van der Waals surface area contributed by atoms with Crippen molar-refractivity contribution in [3.05, 3.63) is 11.8 Å². The number of rotatable bonds is 5. The fourth-order valence-electron chi connectivity index (χ4n) is 2.58. The van der Waals surface area contributed by atoms with Gasteiger partial charge in [0.25, 0.3) is 5.91 Å². The van der Waals surface area contributed by atoms with Gasteiger partial charge in [0.05, 0.1) is 12.8 Å². The van der Waals surface area contributed by atoms with Crippen molar-refractivity contribution < 1.29 is 9.53 Å². The third kappa shape index (κ3) is 2.67. The Morgan fingerprint density at radius 2 is 2.05 bits per heavy atom. The molecule has 0 bridgehead atoms. The quantitative estimate of drug-likeness (QED) is 0.832. The lowest BCUT2D eigenvalue weighted by molar-refractivity contribution is 0.0592. The Kier molecular flexibility index (Phi) is 4.68. The highest BCUT2D eigenvalue weighted by Crippen LogP contribution is 2.26. The number of aromatic nitrogens is 2. The van der Waals surface area contributed by atoms with Crippen molar-refractivity contribution in [3.8, 4) is 5.88 Å². The average molecular weight is 279 g/mol. The Morgan fingerprint density at radius 1 is 1.40 bits per heavy atom. The molecule has 2 rings (SSSR count). The van der Waals surface area contributed by atoms with Crippen LogP contribution in [0, 0.1) is 0 Å². The second kappa shape index (κ2) is 6.29. The summed E-state index contributed by atoms with van der Waals surface area (Å²) < 4.78 is 7.44. The Balaban J connectivity index is 2.29. The van der Waals surface area contributed by atoms with Crippen LogP contribution in [0.4, 0.5) is 0 Å². The Bertz CT molecular complexity index is 460. The molecule has 0 spiro atoms. The molecular formula is C15H25N3O2. The normalized spacial score (nSPS) is 17.0. The monoisotopic (exact) mass is 279 g/mol. The van der Waals surface area contributed by atoms with E-state index in [2.05, 4.69) is 32.8 Å². The Hall–Kier alpha value is -1.52. The molecule has 5 heteroatoms. The zero-order valence-corrected chi connectivity index (χ0v) is 12.9. The summed E-state index contributed by atoms with van der Waals surface area (Å²) in [7, 11) is 0. The molecule has 2 unspecified atom stereocenters. The third-order valence-electron chi connectivity index (χ3n) is 4.14. The predicted molar refractivity (Wildman–Crippen MR) is 78.0 cm³/mol. The van der Waals surface area contributed by atoms with Gasteiger partial charge in [0, 0.05) is 25.0 Å². The minimum absolute atomic E-state index is 0.0388. The van der Waals surface area contributed by atoms with Crippen LogP contribution in [0.3, 0.4) is 0 Å². The number of nitrogens with zero attached hydrogens (tertiary/aromatic N) is 3. The summed E-state index contributed by atoms with van der Waals surface area (Å²) in [5, 5.41) is 4.27. The second-order valence-electron chi connectivity index (χ2n) is 5.52. The van der Waals surface area contributed by atoms with Crippen LogP contribution in [0.25, 0.3) is 0 Å². The molecule has 1 aromatic rings. The first-order valence-electron chi connectivity index (χ1n) is 7.61. The zero-order chi connectivity index (χ0) is 14.7. The van der Waals surface area contributed by atoms with Crippen molar-refractivity contribution in [2.75, 3.05) is 6.61 Å². The van der Waals surface area contributed by atoms with Crippen molar-refractivity contribution >= 4 is 5.91 Å². The summed E-state index contributed by atoms with van der Waals surface area (Å²) in [4.78, 5) is 14.8. The topological polar surface area (TPSA) is 47.4 Å². The highest BCUT2D eigenvalue weighted by molar-refractivity contribution is 5.96. The van der Waals surface area contributed by atoms with Gasteiger partial charge in [0.15, 0.2) is 0 Å². The third-order valence-corrected chi connectivity index (χ3v) is 4.14. The molecule has 0 saturated carbocycles. The number of ether oxygens (including phenoxy) is 1. The SMILES string of the molecule is CCC(C)N(C(=O)c1cnn2c1OCCC2)C(C)CC. The molecule has 1 aliphatic heterocycles. The van der Waals surface area contributed by atoms with Crippen LogP contribution in [0.15, 0.2) is 6.20 Å². The Labute approximate surface area is 120 Å². The van der Waals surface area contributed by atoms with Gasteiger partial charge >= 0.3 is 0 Å². The van der Waals surface area contributed by atoms with E-state index in [9.17, 15) is 4.79 Å². The highest BCUT2D eigenvalue weighted by Gasteiger charge is 2.30. The van der Waals surface area contributed by atoms with Crippen LogP contribution in [0.2, 0.25) is 0 Å². The fraction of sp³-hybridized carbons (Fsp3) is 0.733. The van der Waals surface area contributed by atoms with Crippen molar-refractivity contribution in [2.24, 2.45) is 0 Å². The van der Waals surface area contributed by atoms with E-state index in [1.54, 1.807) is 10.9 Å². The van der Waals surface area contributed by atoms with E-state index in [0.29, 0.717) is 18.1 Å². The van der Waals surface area contributed by atoms with Gasteiger partial charge in [-0.2, -0.15) is 5.10 Å². The number of fused-ring (bicyclic) bond motifs is 1. The van der Waals surface area contributed by atoms with Gasteiger partial charge in [-0.05, 0) is 26.7 Å². The van der Waals surface area contributed by atoms with Gasteiger partial charge in [-0.1, -0.05) is 13.8 Å². The molecule has 0 aromatic carbocycles. The number of aryl methyl sites for hydroxylation is 1. The van der Waals surface area contributed by atoms with E-state index >= 15 is 0 Å². The zero-order valence-electron chi connectivity index (χ0n) is 12.9. The van der Waals surface area contributed by atoms with Crippen molar-refractivity contribution in [3.63, 3.8) is 0 Å². The lowest BCUT2D eigenvalue weighted by Gasteiger charge is -2.34. The molecule has 1 aliphatic rings. The first kappa shape index (κ1) is 14.9. The minimum Gasteiger partial charge on any atom is -0.477 e. The van der Waals surface area contributed by atoms with E-state index in [0.717, 1.165) is 25.8 Å². The highest BCUT2D eigenvalue weighted by atomic mass is 16.5. The molecule has 0 saturated heterocycles. The Morgan fingerprint density at radius 3 is 2.65 bits per heavy atom. The lowest BCUT2D eigenvalue weighted by atomic mass is 10.1. The summed E-state index contributed by atoms with van der Waals surface area (Å²) in [6.07, 6.45) is 4.49. The number of amides is 1. The van der Waals surface area contributed by atoms with Gasteiger partial charge in [-0.15, -0.1) is 0 Å². The first-order chi connectivity index (χ1) is 9.60. The number of carbonyl (C=O) groups is 1. The summed E-state index contributed by atoms with van der Waals surface area (Å²) >= 11 is 0. The molecule has 1 aromatic heterocycles. The maximum atomic E-state index is 12.9. The fourth-order valence-corrected chi connectivity index (χ4v) is 2.58. The molecule has 2 atom stereocenters. The largest absolute Gasteiger partial charge is 0.477 e. The number of hydrogen-bond acceptors (Lipinski definition) is 3. The molecular weight excluding hydrogens is 254 g/mol. The molecule has 112 valence electrons. The molecule has 2 heterocycles. The number of carbonyl (C=O) groups excluding carboxylic acids is 1. The predicted octanol–water partition coefficient (Wildman–Crippen LogP) is 2.70. The second-order valence-corrected chi connectivity index (χ2v) is 5.52. The summed E-state index contributed by atoms with van der Waals surface area (Å²) in [5.41, 5.74) is 0.602. The van der Waals surface area contributed by atoms with Crippen LogP contribution >= 0.6 is 0 Å². The van der Waals surface area contributed by atoms with Crippen molar-refractivity contribution in [1.82, 2.24) is 14.7 Å². The van der Waals surface area contributed by atoms with Gasteiger partial charge in [-0.3, -0.25) is 4.79 Å². The minimum atomic E-state index is 0.0388. The van der Waals surface area contributed by atoms with Crippen LogP contribution in [-0.2, 0) is 6.54 Å². The lowest BCUT2D eigenvalue weighted by Crippen LogP contribution is -2.44. The summed E-state index contributed by atoms with van der Waals surface area (Å²) in [6, 6.07) is 0.438. The summed E-state index contributed by atoms with van der Waals surface area (Å²) in [6.45, 7) is 9.91. The van der Waals surface area contributed by atoms with Gasteiger partial charge < -0.3 is 9.64 Å². The molecule has 5 nitrogen and oxygen atoms in total. The molecule has 0 fully saturated rings. The molecule has 0 N–H and O–H groups in total. The van der Waals surface area contributed by atoms with E-state index in [-0.39, 0.29) is 18.0 Å². The van der Waals surface area contributed by atoms with Crippen LogP contribution < -0.4 is 4.74 Å². The van der Waals surface area contributed by atoms with E-state index < -0.39 is 0 Å². The van der Waals surface area contributed by atoms with Gasteiger partial charge in [0.1, 0.15) is 5.56 Å². The molecule has 1 amide bonds. The van der Waals surface area contributed by atoms with E-state index in [1.807, 2.05) is 4.90 Å². The van der Waals surface area contributed by atoms with Crippen LogP contribution in [0.1, 0.15) is 57.3 Å². The molecule has 0 radical (unpaired) electrons. The van der Waals surface area contributed by atoms with Crippen LogP contribution in [0.5, 0.6) is 5.88 Å². The number of hydrogen-bond donors (Lipinski definition) is 0. The van der Waals surface area contributed by atoms with Gasteiger partial charge in [-0.25, -0.2) is 4.68 Å². The smallest absolute Gasteiger partial charge is 0.261 e. The summed E-state index contributed by atoms with van der Waals surface area (Å²) in [5.74, 6) is 0.676. The van der Waals surface area contributed by atoms with E-state index in [1.165, 1.54) is 0 Å². The van der Waals surface area contributed by atoms with Crippen molar-refractivity contribution in [1.29, 1.82) is 0 Å². The first-order valence-corrected chi connectivity index (χ1v) is 7.61. The molecule has 20 heavy (non-hydrogen) atoms. The van der Waals surface area contributed by atoms with Gasteiger partial charge in [0.2, 0.25) is 5.88 Å². The van der Waals surface area contributed by atoms with Crippen LogP contribution in [-0.4, -0.2) is 39.3 Å². The van der Waals surface area contributed by atoms with E-state index in [4.69, 9.17) is 4.74 Å².